The molecule has 1 unspecified atom stereocenters. The molecule has 0 saturated heterocycles. The highest BCUT2D eigenvalue weighted by molar-refractivity contribution is 5.69. The van der Waals surface area contributed by atoms with E-state index >= 15 is 0 Å². The molecule has 0 aliphatic carbocycles. The number of carbonyl (C=O) groups excluding carboxylic acids is 1. The second-order valence-electron chi connectivity index (χ2n) is 8.59. The zero-order chi connectivity index (χ0) is 19.5. The van der Waals surface area contributed by atoms with Crippen LogP contribution < -0.4 is 0 Å². The predicted molar refractivity (Wildman–Crippen MR) is 115 cm³/mol. The predicted octanol–water partition coefficient (Wildman–Crippen LogP) is 8.08. The molecule has 0 aromatic heterocycles. The van der Waals surface area contributed by atoms with Crippen LogP contribution in [-0.4, -0.2) is 12.6 Å². The van der Waals surface area contributed by atoms with Gasteiger partial charge in [-0.05, 0) is 31.1 Å². The summed E-state index contributed by atoms with van der Waals surface area (Å²) in [7, 11) is 0. The third kappa shape index (κ3) is 18.3. The van der Waals surface area contributed by atoms with Crippen molar-refractivity contribution in [2.45, 2.75) is 130 Å². The van der Waals surface area contributed by atoms with Crippen LogP contribution in [0.4, 0.5) is 0 Å². The Morgan fingerprint density at radius 3 is 1.88 bits per heavy atom. The molecule has 2 heteroatoms. The van der Waals surface area contributed by atoms with Crippen molar-refractivity contribution < 1.29 is 9.53 Å². The Kier molecular flexibility index (Phi) is 18.8. The number of carbonyl (C=O) groups is 1. The van der Waals surface area contributed by atoms with E-state index in [9.17, 15) is 4.79 Å². The van der Waals surface area contributed by atoms with Crippen LogP contribution in [0.2, 0.25) is 0 Å². The molecule has 156 valence electrons. The molecule has 26 heavy (non-hydrogen) atoms. The first kappa shape index (κ1) is 25.5. The van der Waals surface area contributed by atoms with Crippen molar-refractivity contribution in [2.75, 3.05) is 6.61 Å². The van der Waals surface area contributed by atoms with Gasteiger partial charge in [0, 0.05) is 6.42 Å². The molecule has 0 N–H and O–H groups in total. The van der Waals surface area contributed by atoms with Crippen molar-refractivity contribution in [3.63, 3.8) is 0 Å². The summed E-state index contributed by atoms with van der Waals surface area (Å²) in [4.78, 5) is 12.0. The van der Waals surface area contributed by atoms with E-state index in [4.69, 9.17) is 4.74 Å². The molecule has 0 aromatic carbocycles. The Morgan fingerprint density at radius 1 is 0.692 bits per heavy atom. The average Bonchev–Trinajstić information content (AvgIpc) is 2.62. The van der Waals surface area contributed by atoms with Gasteiger partial charge in [-0.1, -0.05) is 105 Å². The van der Waals surface area contributed by atoms with Gasteiger partial charge in [0.2, 0.25) is 0 Å². The van der Waals surface area contributed by atoms with E-state index in [1.54, 1.807) is 0 Å². The van der Waals surface area contributed by atoms with Gasteiger partial charge in [-0.2, -0.15) is 0 Å². The quantitative estimate of drug-likeness (QED) is 0.170. The van der Waals surface area contributed by atoms with Gasteiger partial charge in [0.05, 0.1) is 6.61 Å². The topological polar surface area (TPSA) is 26.3 Å². The van der Waals surface area contributed by atoms with Gasteiger partial charge in [-0.15, -0.1) is 0 Å². The summed E-state index contributed by atoms with van der Waals surface area (Å²) >= 11 is 0. The first-order valence-corrected chi connectivity index (χ1v) is 11.8. The molecule has 0 radical (unpaired) electrons. The average molecular weight is 369 g/mol. The molecule has 0 rings (SSSR count). The number of esters is 1. The van der Waals surface area contributed by atoms with E-state index in [0.29, 0.717) is 18.9 Å². The summed E-state index contributed by atoms with van der Waals surface area (Å²) in [5, 5.41) is 0. The molecule has 0 bridgehead atoms. The number of unbranched alkanes of at least 4 members (excludes halogenated alkanes) is 9. The Hall–Kier alpha value is -0.530. The Morgan fingerprint density at radius 2 is 1.23 bits per heavy atom. The number of ether oxygens (including phenoxy) is 1. The summed E-state index contributed by atoms with van der Waals surface area (Å²) in [5.41, 5.74) is 0. The van der Waals surface area contributed by atoms with E-state index in [2.05, 4.69) is 27.7 Å². The van der Waals surface area contributed by atoms with Crippen molar-refractivity contribution in [3.8, 4) is 0 Å². The fourth-order valence-corrected chi connectivity index (χ4v) is 3.48. The summed E-state index contributed by atoms with van der Waals surface area (Å²) in [5.74, 6) is 1.44. The maximum absolute atomic E-state index is 12.0. The SMILES string of the molecule is CCCCCCC(CCCC)COC(=O)CCCCCCCCC(C)C. The first-order valence-electron chi connectivity index (χ1n) is 11.8. The summed E-state index contributed by atoms with van der Waals surface area (Å²) in [6.45, 7) is 9.73. The lowest BCUT2D eigenvalue weighted by atomic mass is 9.96. The maximum Gasteiger partial charge on any atom is 0.305 e. The summed E-state index contributed by atoms with van der Waals surface area (Å²) < 4.78 is 5.59. The van der Waals surface area contributed by atoms with Crippen molar-refractivity contribution in [3.05, 3.63) is 0 Å². The van der Waals surface area contributed by atoms with E-state index in [1.807, 2.05) is 0 Å². The second kappa shape index (κ2) is 19.2. The zero-order valence-corrected chi connectivity index (χ0v) is 18.5. The monoisotopic (exact) mass is 368 g/mol. The lowest BCUT2D eigenvalue weighted by Gasteiger charge is -2.16. The van der Waals surface area contributed by atoms with Crippen molar-refractivity contribution in [2.24, 2.45) is 11.8 Å². The van der Waals surface area contributed by atoms with Crippen LogP contribution in [0.1, 0.15) is 130 Å². The zero-order valence-electron chi connectivity index (χ0n) is 18.5. The molecule has 0 aliphatic rings. The van der Waals surface area contributed by atoms with Crippen LogP contribution in [0.25, 0.3) is 0 Å². The van der Waals surface area contributed by atoms with Gasteiger partial charge in [-0.3, -0.25) is 4.79 Å². The lowest BCUT2D eigenvalue weighted by Crippen LogP contribution is -2.14. The van der Waals surface area contributed by atoms with Gasteiger partial charge in [0.25, 0.3) is 0 Å². The summed E-state index contributed by atoms with van der Waals surface area (Å²) in [6.07, 6.45) is 19.6. The van der Waals surface area contributed by atoms with Crippen molar-refractivity contribution in [1.82, 2.24) is 0 Å². The van der Waals surface area contributed by atoms with E-state index < -0.39 is 0 Å². The van der Waals surface area contributed by atoms with Crippen LogP contribution in [-0.2, 0) is 9.53 Å². The third-order valence-electron chi connectivity index (χ3n) is 5.32. The smallest absolute Gasteiger partial charge is 0.305 e. The molecule has 0 aromatic rings. The fourth-order valence-electron chi connectivity index (χ4n) is 3.48. The second-order valence-corrected chi connectivity index (χ2v) is 8.59. The molecule has 0 saturated carbocycles. The van der Waals surface area contributed by atoms with Gasteiger partial charge in [0.1, 0.15) is 0 Å². The number of hydrogen-bond acceptors (Lipinski definition) is 2. The highest BCUT2D eigenvalue weighted by atomic mass is 16.5. The normalized spacial score (nSPS) is 12.5. The van der Waals surface area contributed by atoms with E-state index in [-0.39, 0.29) is 5.97 Å². The highest BCUT2D eigenvalue weighted by Crippen LogP contribution is 2.18. The van der Waals surface area contributed by atoms with Crippen molar-refractivity contribution >= 4 is 5.97 Å². The van der Waals surface area contributed by atoms with Gasteiger partial charge < -0.3 is 4.74 Å². The molecular weight excluding hydrogens is 320 g/mol. The van der Waals surface area contributed by atoms with Crippen LogP contribution in [0.15, 0.2) is 0 Å². The minimum Gasteiger partial charge on any atom is -0.465 e. The highest BCUT2D eigenvalue weighted by Gasteiger charge is 2.11. The Labute approximate surface area is 164 Å². The largest absolute Gasteiger partial charge is 0.465 e. The van der Waals surface area contributed by atoms with Crippen LogP contribution in [0, 0.1) is 11.8 Å². The lowest BCUT2D eigenvalue weighted by molar-refractivity contribution is -0.145. The number of hydrogen-bond donors (Lipinski definition) is 0. The molecule has 0 aliphatic heterocycles. The minimum atomic E-state index is 0.0277. The third-order valence-corrected chi connectivity index (χ3v) is 5.32. The van der Waals surface area contributed by atoms with Gasteiger partial charge >= 0.3 is 5.97 Å². The molecule has 0 heterocycles. The summed E-state index contributed by atoms with van der Waals surface area (Å²) in [6, 6.07) is 0. The molecule has 2 nitrogen and oxygen atoms in total. The molecule has 0 fully saturated rings. The van der Waals surface area contributed by atoms with Gasteiger partial charge in [-0.25, -0.2) is 0 Å². The molecular formula is C24H48O2. The molecule has 0 spiro atoms. The minimum absolute atomic E-state index is 0.0277. The Balaban J connectivity index is 3.67. The standard InChI is InChI=1S/C24H48O2/c1-5-7-9-15-19-23(18-8-6-2)21-26-24(25)20-16-13-11-10-12-14-17-22(3)4/h22-23H,5-21H2,1-4H3. The Bertz CT molecular complexity index is 299. The van der Waals surface area contributed by atoms with Crippen molar-refractivity contribution in [1.29, 1.82) is 0 Å². The molecule has 1 atom stereocenters. The molecule has 0 amide bonds. The number of rotatable bonds is 19. The van der Waals surface area contributed by atoms with Crippen LogP contribution in [0.3, 0.4) is 0 Å². The van der Waals surface area contributed by atoms with Crippen LogP contribution >= 0.6 is 0 Å². The van der Waals surface area contributed by atoms with E-state index in [1.165, 1.54) is 89.9 Å². The van der Waals surface area contributed by atoms with Gasteiger partial charge in [0.15, 0.2) is 0 Å². The van der Waals surface area contributed by atoms with Crippen LogP contribution in [0.5, 0.6) is 0 Å². The fraction of sp³-hybridized carbons (Fsp3) is 0.958. The maximum atomic E-state index is 12.0. The first-order chi connectivity index (χ1) is 12.6. The van der Waals surface area contributed by atoms with E-state index in [0.717, 1.165) is 12.3 Å².